The smallest absolute Gasteiger partial charge is 0.271 e. The summed E-state index contributed by atoms with van der Waals surface area (Å²) in [7, 11) is 0. The van der Waals surface area contributed by atoms with Crippen molar-refractivity contribution in [3.05, 3.63) is 81.1 Å². The van der Waals surface area contributed by atoms with Gasteiger partial charge in [0.25, 0.3) is 5.56 Å². The summed E-state index contributed by atoms with van der Waals surface area (Å²) >= 11 is 0. The maximum absolute atomic E-state index is 13.4. The molecule has 0 bridgehead atoms. The zero-order valence-corrected chi connectivity index (χ0v) is 19.4. The van der Waals surface area contributed by atoms with Crippen LogP contribution in [-0.2, 0) is 17.6 Å². The second-order valence-corrected chi connectivity index (χ2v) is 8.68. The van der Waals surface area contributed by atoms with Crippen molar-refractivity contribution < 1.29 is 9.59 Å². The molecule has 6 heteroatoms. The molecule has 1 aromatic heterocycles. The number of aromatic nitrogens is 2. The van der Waals surface area contributed by atoms with Crippen molar-refractivity contribution in [1.29, 1.82) is 0 Å². The number of fused-ring (bicyclic) bond motifs is 1. The van der Waals surface area contributed by atoms with Crippen molar-refractivity contribution in [1.82, 2.24) is 9.78 Å². The van der Waals surface area contributed by atoms with Crippen LogP contribution in [0.5, 0.6) is 0 Å². The number of amides is 1. The van der Waals surface area contributed by atoms with E-state index in [0.29, 0.717) is 24.1 Å². The van der Waals surface area contributed by atoms with Crippen LogP contribution in [0.1, 0.15) is 66.2 Å². The second kappa shape index (κ2) is 9.53. The van der Waals surface area contributed by atoms with Gasteiger partial charge >= 0.3 is 0 Å². The Labute approximate surface area is 193 Å². The number of nitrogens with one attached hydrogen (secondary N) is 1. The first-order chi connectivity index (χ1) is 15.9. The van der Waals surface area contributed by atoms with Crippen molar-refractivity contribution in [2.75, 3.05) is 5.32 Å². The molecule has 1 N–H and O–H groups in total. The van der Waals surface area contributed by atoms with Gasteiger partial charge in [-0.25, -0.2) is 4.68 Å². The van der Waals surface area contributed by atoms with Gasteiger partial charge < -0.3 is 5.32 Å². The van der Waals surface area contributed by atoms with Gasteiger partial charge in [-0.3, -0.25) is 14.4 Å². The Hall–Kier alpha value is -3.54. The van der Waals surface area contributed by atoms with E-state index in [2.05, 4.69) is 5.32 Å². The maximum Gasteiger partial charge on any atom is 0.271 e. The van der Waals surface area contributed by atoms with Crippen molar-refractivity contribution in [3.63, 3.8) is 0 Å². The van der Waals surface area contributed by atoms with Crippen molar-refractivity contribution in [3.8, 4) is 11.3 Å². The Kier molecular flexibility index (Phi) is 6.54. The average molecular weight is 444 g/mol. The van der Waals surface area contributed by atoms with Gasteiger partial charge in [0.05, 0.1) is 5.69 Å². The molecule has 0 aliphatic heterocycles. The van der Waals surface area contributed by atoms with Crippen LogP contribution in [0.15, 0.2) is 53.3 Å². The van der Waals surface area contributed by atoms with Crippen molar-refractivity contribution in [2.45, 2.75) is 58.9 Å². The lowest BCUT2D eigenvalue weighted by atomic mass is 9.89. The fraction of sp³-hybridized carbons (Fsp3) is 0.333. The fourth-order valence-corrected chi connectivity index (χ4v) is 4.39. The molecule has 4 rings (SSSR count). The summed E-state index contributed by atoms with van der Waals surface area (Å²) in [5.74, 6) is -0.332. The Morgan fingerprint density at radius 1 is 1.00 bits per heavy atom. The Bertz CT molecular complexity index is 1240. The molecule has 0 radical (unpaired) electrons. The van der Waals surface area contributed by atoms with Crippen molar-refractivity contribution >= 4 is 17.4 Å². The Morgan fingerprint density at radius 2 is 1.64 bits per heavy atom. The number of carbonyl (C=O) groups is 2. The molecule has 0 saturated carbocycles. The zero-order valence-electron chi connectivity index (χ0n) is 19.4. The van der Waals surface area contributed by atoms with E-state index in [1.54, 1.807) is 24.3 Å². The third-order valence-corrected chi connectivity index (χ3v) is 6.30. The first-order valence-corrected chi connectivity index (χ1v) is 11.5. The van der Waals surface area contributed by atoms with E-state index < -0.39 is 6.04 Å². The molecule has 0 unspecified atom stereocenters. The van der Waals surface area contributed by atoms with Gasteiger partial charge in [0.2, 0.25) is 5.91 Å². The molecule has 0 fully saturated rings. The van der Waals surface area contributed by atoms with Crippen LogP contribution in [0.3, 0.4) is 0 Å². The lowest BCUT2D eigenvalue weighted by Crippen LogP contribution is -2.38. The normalized spacial score (nSPS) is 13.8. The number of anilines is 1. The average Bonchev–Trinajstić information content (AvgIpc) is 2.82. The number of hydrogen-bond donors (Lipinski definition) is 1. The van der Waals surface area contributed by atoms with Gasteiger partial charge in [-0.1, -0.05) is 36.8 Å². The van der Waals surface area contributed by atoms with Crippen LogP contribution >= 0.6 is 0 Å². The first-order valence-electron chi connectivity index (χ1n) is 11.5. The number of rotatable bonds is 6. The van der Waals surface area contributed by atoms with Crippen LogP contribution in [0.2, 0.25) is 0 Å². The van der Waals surface area contributed by atoms with Crippen LogP contribution in [-0.4, -0.2) is 21.5 Å². The van der Waals surface area contributed by atoms with Gasteiger partial charge in [-0.15, -0.1) is 0 Å². The molecule has 33 heavy (non-hydrogen) atoms. The van der Waals surface area contributed by atoms with Crippen LogP contribution < -0.4 is 10.9 Å². The molecule has 1 heterocycles. The summed E-state index contributed by atoms with van der Waals surface area (Å²) in [6.07, 6.45) is 3.96. The van der Waals surface area contributed by atoms with E-state index >= 15 is 0 Å². The van der Waals surface area contributed by atoms with E-state index in [9.17, 15) is 14.4 Å². The largest absolute Gasteiger partial charge is 0.324 e. The summed E-state index contributed by atoms with van der Waals surface area (Å²) in [6, 6.07) is 14.1. The molecule has 1 aliphatic carbocycles. The number of aryl methyl sites for hydroxylation is 1. The fourth-order valence-electron chi connectivity index (χ4n) is 4.39. The Balaban J connectivity index is 1.73. The highest BCUT2D eigenvalue weighted by molar-refractivity contribution is 5.96. The SMILES string of the molecule is CC[C@@H](C(=O)Nc1ccc(C(C)=O)cc1)n1nc(-c2ccc(C)cc2)c2c(c1=O)CCCC2. The predicted octanol–water partition coefficient (Wildman–Crippen LogP) is 4.89. The summed E-state index contributed by atoms with van der Waals surface area (Å²) in [5, 5.41) is 7.64. The van der Waals surface area contributed by atoms with E-state index in [-0.39, 0.29) is 17.2 Å². The molecule has 0 spiro atoms. The molecule has 0 saturated heterocycles. The van der Waals surface area contributed by atoms with Gasteiger partial charge in [0.15, 0.2) is 5.78 Å². The molecule has 170 valence electrons. The highest BCUT2D eigenvalue weighted by atomic mass is 16.2. The summed E-state index contributed by atoms with van der Waals surface area (Å²) < 4.78 is 1.37. The second-order valence-electron chi connectivity index (χ2n) is 8.68. The summed E-state index contributed by atoms with van der Waals surface area (Å²) in [5.41, 5.74) is 5.69. The molecule has 1 amide bonds. The highest BCUT2D eigenvalue weighted by Crippen LogP contribution is 2.29. The van der Waals surface area contributed by atoms with Crippen LogP contribution in [0.25, 0.3) is 11.3 Å². The van der Waals surface area contributed by atoms with Crippen LogP contribution in [0.4, 0.5) is 5.69 Å². The monoisotopic (exact) mass is 443 g/mol. The van der Waals surface area contributed by atoms with E-state index in [1.807, 2.05) is 38.1 Å². The van der Waals surface area contributed by atoms with E-state index in [4.69, 9.17) is 5.10 Å². The lowest BCUT2D eigenvalue weighted by Gasteiger charge is -2.24. The van der Waals surface area contributed by atoms with Gasteiger partial charge in [-0.05, 0) is 75.8 Å². The van der Waals surface area contributed by atoms with E-state index in [0.717, 1.165) is 47.2 Å². The van der Waals surface area contributed by atoms with Gasteiger partial charge in [0.1, 0.15) is 6.04 Å². The standard InChI is InChI=1S/C27H29N3O3/c1-4-24(26(32)28-21-15-13-19(14-16-21)18(3)31)30-27(33)23-8-6-5-7-22(23)25(29-30)20-11-9-17(2)10-12-20/h9-16,24H,4-8H2,1-3H3,(H,28,32)/t24-/m0/s1. The summed E-state index contributed by atoms with van der Waals surface area (Å²) in [6.45, 7) is 5.41. The topological polar surface area (TPSA) is 81.1 Å². The molecule has 6 nitrogen and oxygen atoms in total. The zero-order chi connectivity index (χ0) is 23.5. The molecular weight excluding hydrogens is 414 g/mol. The minimum atomic E-state index is -0.735. The number of carbonyl (C=O) groups excluding carboxylic acids is 2. The van der Waals surface area contributed by atoms with Crippen molar-refractivity contribution in [2.24, 2.45) is 0 Å². The summed E-state index contributed by atoms with van der Waals surface area (Å²) in [4.78, 5) is 38.1. The Morgan fingerprint density at radius 3 is 2.24 bits per heavy atom. The number of hydrogen-bond acceptors (Lipinski definition) is 4. The van der Waals surface area contributed by atoms with Gasteiger partial charge in [-0.2, -0.15) is 5.10 Å². The minimum absolute atomic E-state index is 0.0345. The number of Topliss-reactive ketones (excluding diaryl/α,β-unsaturated/α-hetero) is 1. The van der Waals surface area contributed by atoms with E-state index in [1.165, 1.54) is 11.6 Å². The van der Waals surface area contributed by atoms with Crippen LogP contribution in [0, 0.1) is 6.92 Å². The maximum atomic E-state index is 13.4. The predicted molar refractivity (Wildman–Crippen MR) is 130 cm³/mol. The molecule has 3 aromatic rings. The first kappa shape index (κ1) is 22.6. The molecule has 2 aromatic carbocycles. The quantitative estimate of drug-likeness (QED) is 0.550. The lowest BCUT2D eigenvalue weighted by molar-refractivity contribution is -0.119. The number of benzene rings is 2. The number of ketones is 1. The minimum Gasteiger partial charge on any atom is -0.324 e. The highest BCUT2D eigenvalue weighted by Gasteiger charge is 2.27. The number of nitrogens with zero attached hydrogens (tertiary/aromatic N) is 2. The molecule has 1 atom stereocenters. The third kappa shape index (κ3) is 4.65. The molecular formula is C27H29N3O3. The third-order valence-electron chi connectivity index (χ3n) is 6.30. The van der Waals surface area contributed by atoms with Gasteiger partial charge in [0, 0.05) is 22.4 Å². The molecule has 1 aliphatic rings.